The van der Waals surface area contributed by atoms with Crippen molar-refractivity contribution < 1.29 is 9.59 Å². The molecule has 0 aliphatic carbocycles. The summed E-state index contributed by atoms with van der Waals surface area (Å²) in [4.78, 5) is 33.8. The van der Waals surface area contributed by atoms with Crippen molar-refractivity contribution in [2.24, 2.45) is 0 Å². The molecule has 0 spiro atoms. The van der Waals surface area contributed by atoms with Gasteiger partial charge < -0.3 is 10.2 Å². The number of nitrogens with one attached hydrogen (secondary N) is 1. The maximum atomic E-state index is 12.4. The largest absolute Gasteiger partial charge is 0.322 e. The van der Waals surface area contributed by atoms with Gasteiger partial charge in [-0.1, -0.05) is 17.7 Å². The van der Waals surface area contributed by atoms with Crippen LogP contribution in [0.1, 0.15) is 21.7 Å². The molecular formula is C21H19ClN4O2. The standard InChI is InChI=1S/C21H19ClN4O2/c1-15-5-10-19(20(22)24-15)21(28)25-17-6-8-18(9-7-17)26(14-27)13-11-16-4-2-3-12-23-16/h2-10,12,14H,11,13H2,1H3,(H,25,28). The minimum Gasteiger partial charge on any atom is -0.322 e. The lowest BCUT2D eigenvalue weighted by Crippen LogP contribution is -2.24. The SMILES string of the molecule is Cc1ccc(C(=O)Nc2ccc(N(C=O)CCc3ccccn3)cc2)c(Cl)n1. The Morgan fingerprint density at radius 2 is 1.93 bits per heavy atom. The predicted molar refractivity (Wildman–Crippen MR) is 110 cm³/mol. The van der Waals surface area contributed by atoms with Crippen LogP contribution in [-0.2, 0) is 11.2 Å². The van der Waals surface area contributed by atoms with Gasteiger partial charge in [0.1, 0.15) is 5.15 Å². The fraction of sp³-hybridized carbons (Fsp3) is 0.143. The van der Waals surface area contributed by atoms with Gasteiger partial charge in [-0.05, 0) is 55.5 Å². The maximum Gasteiger partial charge on any atom is 0.258 e. The van der Waals surface area contributed by atoms with E-state index in [4.69, 9.17) is 11.6 Å². The minimum atomic E-state index is -0.340. The molecule has 7 heteroatoms. The molecule has 0 radical (unpaired) electrons. The average Bonchev–Trinajstić information content (AvgIpc) is 2.70. The highest BCUT2D eigenvalue weighted by molar-refractivity contribution is 6.33. The number of rotatable bonds is 7. The lowest BCUT2D eigenvalue weighted by molar-refractivity contribution is -0.107. The van der Waals surface area contributed by atoms with Crippen LogP contribution >= 0.6 is 11.6 Å². The average molecular weight is 395 g/mol. The van der Waals surface area contributed by atoms with Gasteiger partial charge in [-0.15, -0.1) is 0 Å². The zero-order valence-corrected chi connectivity index (χ0v) is 16.1. The van der Waals surface area contributed by atoms with Crippen LogP contribution in [0.25, 0.3) is 0 Å². The molecule has 0 aliphatic rings. The Bertz CT molecular complexity index is 962. The van der Waals surface area contributed by atoms with Crippen molar-refractivity contribution in [3.05, 3.63) is 82.9 Å². The van der Waals surface area contributed by atoms with Gasteiger partial charge in [-0.25, -0.2) is 4.98 Å². The van der Waals surface area contributed by atoms with E-state index < -0.39 is 0 Å². The molecule has 6 nitrogen and oxygen atoms in total. The molecule has 0 atom stereocenters. The van der Waals surface area contributed by atoms with Crippen molar-refractivity contribution in [1.82, 2.24) is 9.97 Å². The number of carbonyl (C=O) groups is 2. The van der Waals surface area contributed by atoms with E-state index >= 15 is 0 Å². The van der Waals surface area contributed by atoms with Gasteiger partial charge in [-0.3, -0.25) is 14.6 Å². The molecule has 2 heterocycles. The van der Waals surface area contributed by atoms with Gasteiger partial charge in [0.25, 0.3) is 5.91 Å². The van der Waals surface area contributed by atoms with Gasteiger partial charge >= 0.3 is 0 Å². The molecule has 0 saturated carbocycles. The van der Waals surface area contributed by atoms with Crippen molar-refractivity contribution >= 4 is 35.3 Å². The van der Waals surface area contributed by atoms with Crippen LogP contribution in [0.2, 0.25) is 5.15 Å². The molecule has 3 aromatic rings. The summed E-state index contributed by atoms with van der Waals surface area (Å²) >= 11 is 6.04. The summed E-state index contributed by atoms with van der Waals surface area (Å²) in [6, 6.07) is 16.1. The van der Waals surface area contributed by atoms with Crippen LogP contribution in [0.3, 0.4) is 0 Å². The third-order valence-electron chi connectivity index (χ3n) is 4.15. The van der Waals surface area contributed by atoms with Crippen LogP contribution in [-0.4, -0.2) is 28.8 Å². The Morgan fingerprint density at radius 1 is 1.14 bits per heavy atom. The van der Waals surface area contributed by atoms with Gasteiger partial charge in [0, 0.05) is 41.9 Å². The minimum absolute atomic E-state index is 0.163. The smallest absolute Gasteiger partial charge is 0.258 e. The Hall–Kier alpha value is -3.25. The van der Waals surface area contributed by atoms with Crippen molar-refractivity contribution in [3.63, 3.8) is 0 Å². The van der Waals surface area contributed by atoms with Crippen LogP contribution in [0.4, 0.5) is 11.4 Å². The van der Waals surface area contributed by atoms with Gasteiger partial charge in [0.05, 0.1) is 5.56 Å². The number of hydrogen-bond donors (Lipinski definition) is 1. The first-order valence-corrected chi connectivity index (χ1v) is 9.11. The first kappa shape index (κ1) is 19.5. The Labute approximate surface area is 168 Å². The van der Waals surface area contributed by atoms with Crippen LogP contribution in [0.5, 0.6) is 0 Å². The van der Waals surface area contributed by atoms with Crippen LogP contribution < -0.4 is 10.2 Å². The third-order valence-corrected chi connectivity index (χ3v) is 4.44. The molecule has 0 saturated heterocycles. The van der Waals surface area contributed by atoms with E-state index in [9.17, 15) is 9.59 Å². The molecule has 0 unspecified atom stereocenters. The second-order valence-corrected chi connectivity index (χ2v) is 6.52. The molecule has 1 N–H and O–H groups in total. The molecule has 1 aromatic carbocycles. The number of nitrogens with zero attached hydrogens (tertiary/aromatic N) is 3. The van der Waals surface area contributed by atoms with Gasteiger partial charge in [0.2, 0.25) is 6.41 Å². The van der Waals surface area contributed by atoms with Crippen LogP contribution in [0.15, 0.2) is 60.8 Å². The third kappa shape index (κ3) is 4.92. The summed E-state index contributed by atoms with van der Waals surface area (Å²) in [6.45, 7) is 2.32. The first-order valence-electron chi connectivity index (χ1n) is 8.73. The highest BCUT2D eigenvalue weighted by atomic mass is 35.5. The van der Waals surface area contributed by atoms with Crippen molar-refractivity contribution in [3.8, 4) is 0 Å². The quantitative estimate of drug-likeness (QED) is 0.487. The molecular weight excluding hydrogens is 376 g/mol. The molecule has 28 heavy (non-hydrogen) atoms. The second-order valence-electron chi connectivity index (χ2n) is 6.16. The number of benzene rings is 1. The number of pyridine rings is 2. The molecule has 3 rings (SSSR count). The highest BCUT2D eigenvalue weighted by Gasteiger charge is 2.12. The fourth-order valence-electron chi connectivity index (χ4n) is 2.65. The van der Waals surface area contributed by atoms with E-state index in [1.807, 2.05) is 18.2 Å². The van der Waals surface area contributed by atoms with E-state index in [1.165, 1.54) is 0 Å². The number of aryl methyl sites for hydroxylation is 1. The summed E-state index contributed by atoms with van der Waals surface area (Å²) < 4.78 is 0. The number of amides is 2. The van der Waals surface area contributed by atoms with Crippen LogP contribution in [0, 0.1) is 6.92 Å². The molecule has 2 amide bonds. The molecule has 0 aliphatic heterocycles. The van der Waals surface area contributed by atoms with Crippen molar-refractivity contribution in [2.75, 3.05) is 16.8 Å². The summed E-state index contributed by atoms with van der Waals surface area (Å²) in [5.41, 5.74) is 3.30. The lowest BCUT2D eigenvalue weighted by Gasteiger charge is -2.17. The Morgan fingerprint density at radius 3 is 2.57 bits per heavy atom. The summed E-state index contributed by atoms with van der Waals surface area (Å²) in [7, 11) is 0. The number of aromatic nitrogens is 2. The van der Waals surface area contributed by atoms with Gasteiger partial charge in [0.15, 0.2) is 0 Å². The summed E-state index contributed by atoms with van der Waals surface area (Å²) in [6.07, 6.45) is 3.17. The Balaban J connectivity index is 1.64. The van der Waals surface area contributed by atoms with E-state index in [1.54, 1.807) is 54.4 Å². The van der Waals surface area contributed by atoms with Crippen molar-refractivity contribution in [1.29, 1.82) is 0 Å². The summed E-state index contributed by atoms with van der Waals surface area (Å²) in [5, 5.41) is 2.94. The van der Waals surface area contributed by atoms with E-state index in [0.29, 0.717) is 24.2 Å². The number of carbonyl (C=O) groups excluding carboxylic acids is 2. The molecule has 0 bridgehead atoms. The zero-order chi connectivity index (χ0) is 19.9. The first-order chi connectivity index (χ1) is 13.6. The van der Waals surface area contributed by atoms with E-state index in [-0.39, 0.29) is 11.1 Å². The van der Waals surface area contributed by atoms with Crippen molar-refractivity contribution in [2.45, 2.75) is 13.3 Å². The topological polar surface area (TPSA) is 75.2 Å². The monoisotopic (exact) mass is 394 g/mol. The second kappa shape index (κ2) is 9.10. The zero-order valence-electron chi connectivity index (χ0n) is 15.3. The molecule has 0 fully saturated rings. The highest BCUT2D eigenvalue weighted by Crippen LogP contribution is 2.20. The number of anilines is 2. The fourth-order valence-corrected chi connectivity index (χ4v) is 2.93. The number of halogens is 1. The molecule has 2 aromatic heterocycles. The van der Waals surface area contributed by atoms with E-state index in [0.717, 1.165) is 23.5 Å². The summed E-state index contributed by atoms with van der Waals surface area (Å²) in [5.74, 6) is -0.340. The molecule has 142 valence electrons. The predicted octanol–water partition coefficient (Wildman–Crippen LogP) is 3.90. The normalized spacial score (nSPS) is 10.4. The number of hydrogen-bond acceptors (Lipinski definition) is 4. The maximum absolute atomic E-state index is 12.4. The van der Waals surface area contributed by atoms with E-state index in [2.05, 4.69) is 15.3 Å². The lowest BCUT2D eigenvalue weighted by atomic mass is 10.2. The van der Waals surface area contributed by atoms with Gasteiger partial charge in [-0.2, -0.15) is 0 Å². The Kier molecular flexibility index (Phi) is 6.34.